The van der Waals surface area contributed by atoms with Crippen LogP contribution in [0.1, 0.15) is 19.4 Å². The number of hydrogen-bond donors (Lipinski definition) is 1. The standard InChI is InChI=1S/C16H22N4/c1-16(2)13-19(9-8-17-16)15-10-18-20(12-15)11-14-6-4-3-5-7-14/h3-7,10,12,17H,8-9,11,13H2,1-2H3. The summed E-state index contributed by atoms with van der Waals surface area (Å²) >= 11 is 0. The van der Waals surface area contributed by atoms with Crippen LogP contribution >= 0.6 is 0 Å². The third-order valence-corrected chi connectivity index (χ3v) is 3.74. The van der Waals surface area contributed by atoms with Gasteiger partial charge >= 0.3 is 0 Å². The van der Waals surface area contributed by atoms with Crippen LogP contribution < -0.4 is 10.2 Å². The SMILES string of the molecule is CC1(C)CN(c2cnn(Cc3ccccc3)c2)CCN1. The van der Waals surface area contributed by atoms with Crippen LogP contribution in [0.4, 0.5) is 5.69 Å². The molecule has 0 saturated carbocycles. The molecule has 20 heavy (non-hydrogen) atoms. The zero-order chi connectivity index (χ0) is 14.0. The highest BCUT2D eigenvalue weighted by Gasteiger charge is 2.26. The van der Waals surface area contributed by atoms with Crippen LogP contribution in [0.15, 0.2) is 42.7 Å². The second-order valence-corrected chi connectivity index (χ2v) is 6.11. The number of benzene rings is 1. The molecule has 2 aromatic rings. The molecule has 1 fully saturated rings. The van der Waals surface area contributed by atoms with Crippen molar-refractivity contribution in [2.24, 2.45) is 0 Å². The van der Waals surface area contributed by atoms with Gasteiger partial charge in [-0.15, -0.1) is 0 Å². The first-order chi connectivity index (χ1) is 9.62. The number of nitrogens with zero attached hydrogens (tertiary/aromatic N) is 3. The highest BCUT2D eigenvalue weighted by Crippen LogP contribution is 2.19. The monoisotopic (exact) mass is 270 g/mol. The lowest BCUT2D eigenvalue weighted by Gasteiger charge is -2.39. The Balaban J connectivity index is 1.70. The average molecular weight is 270 g/mol. The van der Waals surface area contributed by atoms with Gasteiger partial charge in [0.05, 0.1) is 18.4 Å². The number of aromatic nitrogens is 2. The zero-order valence-corrected chi connectivity index (χ0v) is 12.2. The second-order valence-electron chi connectivity index (χ2n) is 6.11. The maximum absolute atomic E-state index is 4.49. The van der Waals surface area contributed by atoms with Crippen LogP contribution in [-0.4, -0.2) is 35.0 Å². The van der Waals surface area contributed by atoms with Gasteiger partial charge in [-0.2, -0.15) is 5.10 Å². The molecule has 4 nitrogen and oxygen atoms in total. The van der Waals surface area contributed by atoms with Gasteiger partial charge in [-0.3, -0.25) is 4.68 Å². The van der Waals surface area contributed by atoms with Crippen LogP contribution in [0.2, 0.25) is 0 Å². The van der Waals surface area contributed by atoms with Gasteiger partial charge in [-0.05, 0) is 19.4 Å². The summed E-state index contributed by atoms with van der Waals surface area (Å²) in [5.41, 5.74) is 2.66. The van der Waals surface area contributed by atoms with Gasteiger partial charge in [0.15, 0.2) is 0 Å². The van der Waals surface area contributed by atoms with Crippen LogP contribution in [0, 0.1) is 0 Å². The summed E-state index contributed by atoms with van der Waals surface area (Å²) in [5.74, 6) is 0. The van der Waals surface area contributed by atoms with E-state index in [2.05, 4.69) is 59.6 Å². The molecule has 2 heterocycles. The van der Waals surface area contributed by atoms with E-state index in [0.29, 0.717) is 0 Å². The van der Waals surface area contributed by atoms with E-state index in [4.69, 9.17) is 0 Å². The van der Waals surface area contributed by atoms with Gasteiger partial charge in [-0.1, -0.05) is 30.3 Å². The lowest BCUT2D eigenvalue weighted by Crippen LogP contribution is -2.57. The van der Waals surface area contributed by atoms with Gasteiger partial charge in [0.25, 0.3) is 0 Å². The number of anilines is 1. The molecule has 3 rings (SSSR count). The first-order valence-corrected chi connectivity index (χ1v) is 7.19. The smallest absolute Gasteiger partial charge is 0.0753 e. The van der Waals surface area contributed by atoms with E-state index < -0.39 is 0 Å². The maximum Gasteiger partial charge on any atom is 0.0753 e. The third-order valence-electron chi connectivity index (χ3n) is 3.74. The van der Waals surface area contributed by atoms with Crippen LogP contribution in [0.25, 0.3) is 0 Å². The summed E-state index contributed by atoms with van der Waals surface area (Å²) in [7, 11) is 0. The summed E-state index contributed by atoms with van der Waals surface area (Å²) in [4.78, 5) is 2.41. The molecular weight excluding hydrogens is 248 g/mol. The first-order valence-electron chi connectivity index (χ1n) is 7.19. The van der Waals surface area contributed by atoms with Crippen molar-refractivity contribution in [1.29, 1.82) is 0 Å². The lowest BCUT2D eigenvalue weighted by molar-refractivity contribution is 0.353. The quantitative estimate of drug-likeness (QED) is 0.927. The molecule has 0 spiro atoms. The molecular formula is C16H22N4. The summed E-state index contributed by atoms with van der Waals surface area (Å²) in [5, 5.41) is 8.02. The lowest BCUT2D eigenvalue weighted by atomic mass is 10.0. The molecule has 0 radical (unpaired) electrons. The van der Waals surface area contributed by atoms with Crippen molar-refractivity contribution in [2.75, 3.05) is 24.5 Å². The molecule has 0 bridgehead atoms. The fourth-order valence-electron chi connectivity index (χ4n) is 2.73. The minimum atomic E-state index is 0.166. The summed E-state index contributed by atoms with van der Waals surface area (Å²) in [6.07, 6.45) is 4.12. The van der Waals surface area contributed by atoms with Crippen molar-refractivity contribution in [2.45, 2.75) is 25.9 Å². The van der Waals surface area contributed by atoms with E-state index in [-0.39, 0.29) is 5.54 Å². The van der Waals surface area contributed by atoms with Crippen LogP contribution in [0.3, 0.4) is 0 Å². The molecule has 0 unspecified atom stereocenters. The zero-order valence-electron chi connectivity index (χ0n) is 12.2. The van der Waals surface area contributed by atoms with Crippen molar-refractivity contribution >= 4 is 5.69 Å². The van der Waals surface area contributed by atoms with E-state index in [1.807, 2.05) is 16.9 Å². The van der Waals surface area contributed by atoms with Crippen molar-refractivity contribution in [3.8, 4) is 0 Å². The van der Waals surface area contributed by atoms with Crippen LogP contribution in [0.5, 0.6) is 0 Å². The van der Waals surface area contributed by atoms with E-state index >= 15 is 0 Å². The Hall–Kier alpha value is -1.81. The fraction of sp³-hybridized carbons (Fsp3) is 0.438. The van der Waals surface area contributed by atoms with Crippen molar-refractivity contribution in [3.63, 3.8) is 0 Å². The number of nitrogens with one attached hydrogen (secondary N) is 1. The minimum Gasteiger partial charge on any atom is -0.366 e. The topological polar surface area (TPSA) is 33.1 Å². The first kappa shape index (κ1) is 13.2. The molecule has 1 aromatic carbocycles. The van der Waals surface area contributed by atoms with Crippen molar-refractivity contribution in [3.05, 3.63) is 48.3 Å². The van der Waals surface area contributed by atoms with E-state index in [0.717, 1.165) is 26.2 Å². The molecule has 0 atom stereocenters. The Bertz CT molecular complexity index is 559. The van der Waals surface area contributed by atoms with Gasteiger partial charge < -0.3 is 10.2 Å². The number of rotatable bonds is 3. The largest absolute Gasteiger partial charge is 0.366 e. The molecule has 1 aliphatic heterocycles. The highest BCUT2D eigenvalue weighted by atomic mass is 15.3. The molecule has 1 saturated heterocycles. The molecule has 1 N–H and O–H groups in total. The molecule has 106 valence electrons. The fourth-order valence-corrected chi connectivity index (χ4v) is 2.73. The predicted molar refractivity (Wildman–Crippen MR) is 82.1 cm³/mol. The predicted octanol–water partition coefficient (Wildman–Crippen LogP) is 2.12. The second kappa shape index (κ2) is 5.29. The van der Waals surface area contributed by atoms with Crippen LogP contribution in [-0.2, 0) is 6.54 Å². The van der Waals surface area contributed by atoms with Gasteiger partial charge in [0, 0.05) is 31.4 Å². The maximum atomic E-state index is 4.49. The van der Waals surface area contributed by atoms with E-state index in [1.54, 1.807) is 0 Å². The Kier molecular flexibility index (Phi) is 3.49. The molecule has 1 aromatic heterocycles. The van der Waals surface area contributed by atoms with Crippen molar-refractivity contribution in [1.82, 2.24) is 15.1 Å². The summed E-state index contributed by atoms with van der Waals surface area (Å²) < 4.78 is 2.01. The average Bonchev–Trinajstić information content (AvgIpc) is 2.87. The van der Waals surface area contributed by atoms with Gasteiger partial charge in [0.1, 0.15) is 0 Å². The Morgan fingerprint density at radius 2 is 2.05 bits per heavy atom. The van der Waals surface area contributed by atoms with Gasteiger partial charge in [-0.25, -0.2) is 0 Å². The minimum absolute atomic E-state index is 0.166. The summed E-state index contributed by atoms with van der Waals surface area (Å²) in [6.45, 7) is 8.40. The Morgan fingerprint density at radius 1 is 1.25 bits per heavy atom. The van der Waals surface area contributed by atoms with Crippen molar-refractivity contribution < 1.29 is 0 Å². The highest BCUT2D eigenvalue weighted by molar-refractivity contribution is 5.43. The Morgan fingerprint density at radius 3 is 2.80 bits per heavy atom. The molecule has 0 aliphatic carbocycles. The molecule has 0 amide bonds. The van der Waals surface area contributed by atoms with Gasteiger partial charge in [0.2, 0.25) is 0 Å². The molecule has 4 heteroatoms. The number of hydrogen-bond acceptors (Lipinski definition) is 3. The summed E-state index contributed by atoms with van der Waals surface area (Å²) in [6, 6.07) is 10.4. The third kappa shape index (κ3) is 3.02. The molecule has 1 aliphatic rings. The number of piperazine rings is 1. The normalized spacial score (nSPS) is 18.2. The van der Waals surface area contributed by atoms with E-state index in [9.17, 15) is 0 Å². The Labute approximate surface area is 120 Å². The van der Waals surface area contributed by atoms with E-state index in [1.165, 1.54) is 11.3 Å².